The number of carbonyl (C=O) groups excluding carboxylic acids is 2. The number of hydrogen-bond donors (Lipinski definition) is 0. The Bertz CT molecular complexity index is 785. The number of allylic oxidation sites excluding steroid dienone is 1. The molecule has 6 fully saturated rings. The van der Waals surface area contributed by atoms with Crippen molar-refractivity contribution in [2.75, 3.05) is 32.8 Å². The van der Waals surface area contributed by atoms with E-state index in [4.69, 9.17) is 4.74 Å². The van der Waals surface area contributed by atoms with Crippen LogP contribution in [-0.2, 0) is 14.3 Å². The summed E-state index contributed by atoms with van der Waals surface area (Å²) in [6, 6.07) is 0. The summed E-state index contributed by atoms with van der Waals surface area (Å²) in [5, 5.41) is 0. The van der Waals surface area contributed by atoms with Crippen LogP contribution < -0.4 is 0 Å². The van der Waals surface area contributed by atoms with Crippen LogP contribution in [0.15, 0.2) is 12.2 Å². The van der Waals surface area contributed by atoms with Crippen LogP contribution in [0, 0.1) is 39.9 Å². The molecule has 0 aromatic carbocycles. The van der Waals surface area contributed by atoms with E-state index in [1.54, 1.807) is 0 Å². The molecule has 1 saturated heterocycles. The number of fused-ring (bicyclic) bond motifs is 3. The second-order valence-electron chi connectivity index (χ2n) is 11.7. The van der Waals surface area contributed by atoms with Gasteiger partial charge < -0.3 is 4.74 Å². The molecule has 31 heavy (non-hydrogen) atoms. The zero-order chi connectivity index (χ0) is 22.0. The summed E-state index contributed by atoms with van der Waals surface area (Å²) in [6.45, 7) is 15.5. The largest absolute Gasteiger partial charge is 0.379 e. The average molecular weight is 428 g/mol. The van der Waals surface area contributed by atoms with Gasteiger partial charge in [0.2, 0.25) is 0 Å². The molecule has 6 aliphatic rings. The van der Waals surface area contributed by atoms with Crippen molar-refractivity contribution in [3.05, 3.63) is 12.2 Å². The Morgan fingerprint density at radius 3 is 2.52 bits per heavy atom. The summed E-state index contributed by atoms with van der Waals surface area (Å²) in [5.41, 5.74) is 0.281. The van der Waals surface area contributed by atoms with Gasteiger partial charge in [0, 0.05) is 25.6 Å². The summed E-state index contributed by atoms with van der Waals surface area (Å²) in [6.07, 6.45) is 8.63. The van der Waals surface area contributed by atoms with Gasteiger partial charge in [0.25, 0.3) is 0 Å². The second kappa shape index (κ2) is 7.52. The lowest BCUT2D eigenvalue weighted by atomic mass is 9.33. The van der Waals surface area contributed by atoms with Crippen molar-refractivity contribution >= 4 is 11.6 Å². The minimum Gasteiger partial charge on any atom is -0.379 e. The van der Waals surface area contributed by atoms with E-state index in [1.165, 1.54) is 19.3 Å². The highest BCUT2D eigenvalue weighted by molar-refractivity contribution is 6.17. The van der Waals surface area contributed by atoms with Gasteiger partial charge >= 0.3 is 0 Å². The first-order valence-corrected chi connectivity index (χ1v) is 12.9. The number of carbonyl (C=O) groups is 2. The molecule has 6 rings (SSSR count). The first-order chi connectivity index (χ1) is 14.8. The summed E-state index contributed by atoms with van der Waals surface area (Å²) < 4.78 is 5.60. The van der Waals surface area contributed by atoms with Crippen LogP contribution >= 0.6 is 0 Å². The Balaban J connectivity index is 1.65. The Kier molecular flexibility index (Phi) is 5.29. The van der Waals surface area contributed by atoms with Gasteiger partial charge in [-0.3, -0.25) is 14.5 Å². The minimum atomic E-state index is -0.776. The molecule has 0 amide bonds. The van der Waals surface area contributed by atoms with E-state index in [2.05, 4.69) is 32.3 Å². The quantitative estimate of drug-likeness (QED) is 0.483. The SMILES string of the molecule is C=C1C(=O)[C@]23CC[C@H]1CC2[C@]1(CC)CCC[C@@](C)(CC)C1C(CN1CCOCC1)C3=O. The zero-order valence-electron chi connectivity index (χ0n) is 19.9. The predicted molar refractivity (Wildman–Crippen MR) is 122 cm³/mol. The third-order valence-electron chi connectivity index (χ3n) is 10.8. The number of rotatable bonds is 4. The standard InChI is InChI=1S/C27H41NO3/c1-5-25(4)9-7-10-26(6-2)21-16-19-8-11-27(21,23(29)18(19)3)24(30)20(22(25)26)17-28-12-14-31-15-13-28/h19-22H,3,5-17H2,1-2,4H3/t19-,20?,21?,22?,25+,26-,27-/m0/s1. The number of morpholine rings is 1. The number of ketones is 2. The predicted octanol–water partition coefficient (Wildman–Crippen LogP) is 4.67. The molecule has 0 aromatic rings. The molecule has 4 nitrogen and oxygen atoms in total. The molecule has 4 heteroatoms. The fraction of sp³-hybridized carbons (Fsp3) is 0.852. The van der Waals surface area contributed by atoms with Gasteiger partial charge in [-0.15, -0.1) is 0 Å². The Morgan fingerprint density at radius 2 is 1.84 bits per heavy atom. The van der Waals surface area contributed by atoms with Gasteiger partial charge in [-0.05, 0) is 72.7 Å². The molecule has 2 bridgehead atoms. The van der Waals surface area contributed by atoms with Crippen LogP contribution in [0.3, 0.4) is 0 Å². The molecule has 3 unspecified atom stereocenters. The lowest BCUT2D eigenvalue weighted by Gasteiger charge is -2.69. The first kappa shape index (κ1) is 21.8. The van der Waals surface area contributed by atoms with E-state index in [0.29, 0.717) is 17.6 Å². The lowest BCUT2D eigenvalue weighted by Crippen LogP contribution is -2.71. The molecule has 0 aromatic heterocycles. The maximum absolute atomic E-state index is 14.6. The van der Waals surface area contributed by atoms with Gasteiger partial charge in [-0.2, -0.15) is 0 Å². The Hall–Kier alpha value is -1.00. The van der Waals surface area contributed by atoms with E-state index in [0.717, 1.165) is 70.5 Å². The molecule has 1 aliphatic heterocycles. The fourth-order valence-electron chi connectivity index (χ4n) is 9.25. The number of nitrogens with zero attached hydrogens (tertiary/aromatic N) is 1. The number of ether oxygens (including phenoxy) is 1. The van der Waals surface area contributed by atoms with Crippen molar-refractivity contribution in [2.24, 2.45) is 39.9 Å². The van der Waals surface area contributed by atoms with Crippen LogP contribution in [0.4, 0.5) is 0 Å². The number of Topliss-reactive ketones (excluding diaryl/α,β-unsaturated/α-hetero) is 2. The maximum atomic E-state index is 14.6. The molecule has 5 saturated carbocycles. The van der Waals surface area contributed by atoms with Gasteiger partial charge in [-0.1, -0.05) is 40.2 Å². The van der Waals surface area contributed by atoms with Gasteiger partial charge in [0.05, 0.1) is 18.6 Å². The third-order valence-corrected chi connectivity index (χ3v) is 10.8. The highest BCUT2D eigenvalue weighted by Crippen LogP contribution is 2.72. The average Bonchev–Trinajstić information content (AvgIpc) is 2.80. The fourth-order valence-corrected chi connectivity index (χ4v) is 9.25. The molecule has 172 valence electrons. The summed E-state index contributed by atoms with van der Waals surface area (Å²) in [4.78, 5) is 30.8. The molecule has 1 heterocycles. The highest BCUT2D eigenvalue weighted by Gasteiger charge is 2.73. The molecule has 1 spiro atoms. The monoisotopic (exact) mass is 427 g/mol. The number of hydrogen-bond acceptors (Lipinski definition) is 4. The molecular formula is C27H41NO3. The van der Waals surface area contributed by atoms with E-state index in [9.17, 15) is 9.59 Å². The van der Waals surface area contributed by atoms with Crippen molar-refractivity contribution in [3.63, 3.8) is 0 Å². The smallest absolute Gasteiger partial charge is 0.172 e. The van der Waals surface area contributed by atoms with E-state index >= 15 is 0 Å². The van der Waals surface area contributed by atoms with Crippen LogP contribution in [0.25, 0.3) is 0 Å². The van der Waals surface area contributed by atoms with Crippen LogP contribution in [0.2, 0.25) is 0 Å². The van der Waals surface area contributed by atoms with Gasteiger partial charge in [0.15, 0.2) is 11.6 Å². The highest BCUT2D eigenvalue weighted by atomic mass is 16.5. The molecule has 0 N–H and O–H groups in total. The van der Waals surface area contributed by atoms with Crippen molar-refractivity contribution in [1.29, 1.82) is 0 Å². The molecular weight excluding hydrogens is 386 g/mol. The molecule has 5 aliphatic carbocycles. The van der Waals surface area contributed by atoms with E-state index in [1.807, 2.05) is 0 Å². The van der Waals surface area contributed by atoms with E-state index in [-0.39, 0.29) is 28.4 Å². The topological polar surface area (TPSA) is 46.6 Å². The lowest BCUT2D eigenvalue weighted by molar-refractivity contribution is -0.206. The van der Waals surface area contributed by atoms with Crippen LogP contribution in [0.1, 0.15) is 72.1 Å². The normalized spacial score (nSPS) is 47.9. The van der Waals surface area contributed by atoms with Crippen LogP contribution in [0.5, 0.6) is 0 Å². The van der Waals surface area contributed by atoms with Crippen molar-refractivity contribution in [3.8, 4) is 0 Å². The third kappa shape index (κ3) is 2.79. The van der Waals surface area contributed by atoms with Crippen molar-refractivity contribution in [1.82, 2.24) is 4.90 Å². The summed E-state index contributed by atoms with van der Waals surface area (Å²) in [7, 11) is 0. The van der Waals surface area contributed by atoms with Crippen LogP contribution in [-0.4, -0.2) is 49.3 Å². The minimum absolute atomic E-state index is 0.0362. The van der Waals surface area contributed by atoms with Gasteiger partial charge in [0.1, 0.15) is 0 Å². The zero-order valence-corrected chi connectivity index (χ0v) is 19.9. The Labute approximate surface area is 188 Å². The second-order valence-corrected chi connectivity index (χ2v) is 11.7. The molecule has 0 radical (unpaired) electrons. The van der Waals surface area contributed by atoms with E-state index < -0.39 is 5.41 Å². The van der Waals surface area contributed by atoms with Crippen molar-refractivity contribution < 1.29 is 14.3 Å². The van der Waals surface area contributed by atoms with Gasteiger partial charge in [-0.25, -0.2) is 0 Å². The molecule has 7 atom stereocenters. The summed E-state index contributed by atoms with van der Waals surface area (Å²) >= 11 is 0. The summed E-state index contributed by atoms with van der Waals surface area (Å²) in [5.74, 6) is 1.31. The maximum Gasteiger partial charge on any atom is 0.172 e. The first-order valence-electron chi connectivity index (χ1n) is 12.9. The Morgan fingerprint density at radius 1 is 1.10 bits per heavy atom. The van der Waals surface area contributed by atoms with Crippen molar-refractivity contribution in [2.45, 2.75) is 72.1 Å².